The van der Waals surface area contributed by atoms with Crippen molar-refractivity contribution in [3.63, 3.8) is 0 Å². The van der Waals surface area contributed by atoms with E-state index in [9.17, 15) is 26.3 Å². The van der Waals surface area contributed by atoms with E-state index in [1.165, 1.54) is 12.1 Å². The number of rotatable bonds is 7. The topological polar surface area (TPSA) is 42.5 Å². The molecule has 2 N–H and O–H groups in total. The van der Waals surface area contributed by atoms with Crippen LogP contribution in [0.25, 0.3) is 0 Å². The third-order valence-electron chi connectivity index (χ3n) is 3.59. The molecule has 30 heavy (non-hydrogen) atoms. The summed E-state index contributed by atoms with van der Waals surface area (Å²) in [6.45, 7) is -1.27. The summed E-state index contributed by atoms with van der Waals surface area (Å²) in [7, 11) is 0. The number of anilines is 2. The number of para-hydroxylation sites is 1. The maximum absolute atomic E-state index is 12.4. The highest BCUT2D eigenvalue weighted by molar-refractivity contribution is 7.80. The number of halogens is 6. The molecule has 164 valence electrons. The minimum Gasteiger partial charge on any atom is -0.484 e. The van der Waals surface area contributed by atoms with Crippen molar-refractivity contribution >= 4 is 28.7 Å². The van der Waals surface area contributed by atoms with Crippen LogP contribution in [0.4, 0.5) is 37.7 Å². The highest BCUT2D eigenvalue weighted by Gasteiger charge is 2.30. The zero-order valence-corrected chi connectivity index (χ0v) is 16.5. The van der Waals surface area contributed by atoms with E-state index >= 15 is 0 Å². The molecule has 0 aliphatic rings. The number of thiocarbonyl (C=S) groups is 1. The molecule has 2 aromatic rings. The molecule has 11 heteroatoms. The zero-order valence-electron chi connectivity index (χ0n) is 15.7. The Kier molecular flexibility index (Phi) is 7.77. The summed E-state index contributed by atoms with van der Waals surface area (Å²) in [5, 5.41) is 5.74. The molecule has 0 aromatic heterocycles. The van der Waals surface area contributed by atoms with Crippen molar-refractivity contribution in [2.45, 2.75) is 25.7 Å². The first kappa shape index (κ1) is 23.6. The molecule has 0 saturated carbocycles. The summed E-state index contributed by atoms with van der Waals surface area (Å²) in [6, 6.07) is 10.6. The van der Waals surface area contributed by atoms with E-state index in [-0.39, 0.29) is 22.3 Å². The van der Waals surface area contributed by atoms with Crippen LogP contribution in [0.5, 0.6) is 11.5 Å². The summed E-state index contributed by atoms with van der Waals surface area (Å²) >= 11 is 5.20. The number of alkyl halides is 6. The van der Waals surface area contributed by atoms with Crippen molar-refractivity contribution in [3.8, 4) is 11.5 Å². The van der Waals surface area contributed by atoms with Gasteiger partial charge in [0.25, 0.3) is 0 Å². The summed E-state index contributed by atoms with van der Waals surface area (Å²) < 4.78 is 83.8. The third kappa shape index (κ3) is 8.36. The lowest BCUT2D eigenvalue weighted by atomic mass is 10.1. The first-order valence-corrected chi connectivity index (χ1v) is 9.06. The Morgan fingerprint density at radius 2 is 1.40 bits per heavy atom. The first-order chi connectivity index (χ1) is 13.9. The fourth-order valence-corrected chi connectivity index (χ4v) is 2.60. The van der Waals surface area contributed by atoms with Crippen LogP contribution >= 0.6 is 12.2 Å². The van der Waals surface area contributed by atoms with Crippen molar-refractivity contribution in [2.24, 2.45) is 0 Å². The largest absolute Gasteiger partial charge is 0.484 e. The molecule has 0 spiro atoms. The molecular formula is C19H18F6N2O2S. The highest BCUT2D eigenvalue weighted by atomic mass is 32.1. The molecular weight excluding hydrogens is 434 g/mol. The maximum atomic E-state index is 12.4. The molecule has 0 radical (unpaired) electrons. The normalized spacial score (nSPS) is 11.7. The SMILES string of the molecule is CCc1ccccc1NC(=S)Nc1cc(OCC(F)(F)F)cc(OCC(F)(F)F)c1. The van der Waals surface area contributed by atoms with E-state index in [2.05, 4.69) is 20.1 Å². The molecule has 0 aliphatic carbocycles. The monoisotopic (exact) mass is 452 g/mol. The fourth-order valence-electron chi connectivity index (χ4n) is 2.38. The third-order valence-corrected chi connectivity index (χ3v) is 3.79. The second kappa shape index (κ2) is 9.88. The van der Waals surface area contributed by atoms with Gasteiger partial charge in [-0.25, -0.2) is 0 Å². The molecule has 0 fully saturated rings. The molecule has 0 heterocycles. The Labute approximate surface area is 174 Å². The molecule has 0 aliphatic heterocycles. The minimum absolute atomic E-state index is 0.0886. The van der Waals surface area contributed by atoms with E-state index < -0.39 is 25.6 Å². The Morgan fingerprint density at radius 3 is 1.90 bits per heavy atom. The lowest BCUT2D eigenvalue weighted by Gasteiger charge is -2.17. The van der Waals surface area contributed by atoms with E-state index in [0.717, 1.165) is 23.7 Å². The van der Waals surface area contributed by atoms with Gasteiger partial charge in [-0.15, -0.1) is 0 Å². The molecule has 2 aromatic carbocycles. The second-order valence-electron chi connectivity index (χ2n) is 6.09. The maximum Gasteiger partial charge on any atom is 0.422 e. The minimum atomic E-state index is -4.61. The fraction of sp³-hybridized carbons (Fsp3) is 0.316. The highest BCUT2D eigenvalue weighted by Crippen LogP contribution is 2.29. The average molecular weight is 452 g/mol. The van der Waals surface area contributed by atoms with E-state index in [0.29, 0.717) is 0 Å². The zero-order chi connectivity index (χ0) is 22.4. The molecule has 0 amide bonds. The first-order valence-electron chi connectivity index (χ1n) is 8.65. The van der Waals surface area contributed by atoms with Crippen LogP contribution in [0.1, 0.15) is 12.5 Å². The molecule has 4 nitrogen and oxygen atoms in total. The Balaban J connectivity index is 2.18. The van der Waals surface area contributed by atoms with Gasteiger partial charge in [-0.3, -0.25) is 0 Å². The second-order valence-corrected chi connectivity index (χ2v) is 6.50. The van der Waals surface area contributed by atoms with E-state index in [1.54, 1.807) is 12.1 Å². The van der Waals surface area contributed by atoms with Gasteiger partial charge in [-0.2, -0.15) is 26.3 Å². The van der Waals surface area contributed by atoms with Gasteiger partial charge in [0.1, 0.15) is 11.5 Å². The smallest absolute Gasteiger partial charge is 0.422 e. The number of benzene rings is 2. The van der Waals surface area contributed by atoms with Gasteiger partial charge in [-0.05, 0) is 30.3 Å². The van der Waals surface area contributed by atoms with Crippen molar-refractivity contribution in [3.05, 3.63) is 48.0 Å². The number of hydrogen-bond acceptors (Lipinski definition) is 3. The number of ether oxygens (including phenoxy) is 2. The van der Waals surface area contributed by atoms with Crippen molar-refractivity contribution in [2.75, 3.05) is 23.8 Å². The lowest BCUT2D eigenvalue weighted by molar-refractivity contribution is -0.153. The Bertz CT molecular complexity index is 835. The van der Waals surface area contributed by atoms with Gasteiger partial charge in [0.15, 0.2) is 18.3 Å². The predicted molar refractivity (Wildman–Crippen MR) is 105 cm³/mol. The number of aryl methyl sites for hydroxylation is 1. The van der Waals surface area contributed by atoms with Crippen LogP contribution < -0.4 is 20.1 Å². The number of hydrogen-bond donors (Lipinski definition) is 2. The van der Waals surface area contributed by atoms with Gasteiger partial charge in [-0.1, -0.05) is 25.1 Å². The molecule has 0 atom stereocenters. The van der Waals surface area contributed by atoms with Crippen LogP contribution in [-0.4, -0.2) is 30.7 Å². The summed E-state index contributed by atoms with van der Waals surface area (Å²) in [5.74, 6) is -0.655. The van der Waals surface area contributed by atoms with Crippen molar-refractivity contribution in [1.29, 1.82) is 0 Å². The molecule has 0 saturated heterocycles. The van der Waals surface area contributed by atoms with Crippen molar-refractivity contribution < 1.29 is 35.8 Å². The summed E-state index contributed by atoms with van der Waals surface area (Å²) in [4.78, 5) is 0. The standard InChI is InChI=1S/C19H18F6N2O2S/c1-2-12-5-3-4-6-16(12)27-17(30)26-13-7-14(28-10-18(20,21)22)9-15(8-13)29-11-19(23,24)25/h3-9H,2,10-11H2,1H3,(H2,26,27,30). The van der Waals surface area contributed by atoms with Gasteiger partial charge in [0.05, 0.1) is 0 Å². The summed E-state index contributed by atoms with van der Waals surface area (Å²) in [5.41, 5.74) is 1.78. The predicted octanol–water partition coefficient (Wildman–Crippen LogP) is 5.94. The van der Waals surface area contributed by atoms with E-state index in [1.807, 2.05) is 19.1 Å². The summed E-state index contributed by atoms with van der Waals surface area (Å²) in [6.07, 6.45) is -8.50. The van der Waals surface area contributed by atoms with Crippen LogP contribution in [0.2, 0.25) is 0 Å². The van der Waals surface area contributed by atoms with Crippen LogP contribution in [-0.2, 0) is 6.42 Å². The number of nitrogens with one attached hydrogen (secondary N) is 2. The van der Waals surface area contributed by atoms with Crippen LogP contribution in [0, 0.1) is 0 Å². The lowest BCUT2D eigenvalue weighted by Crippen LogP contribution is -2.22. The average Bonchev–Trinajstić information content (AvgIpc) is 2.64. The molecule has 0 bridgehead atoms. The van der Waals surface area contributed by atoms with Gasteiger partial charge < -0.3 is 20.1 Å². The Hall–Kier alpha value is -2.69. The molecule has 0 unspecified atom stereocenters. The van der Waals surface area contributed by atoms with Gasteiger partial charge in [0.2, 0.25) is 0 Å². The van der Waals surface area contributed by atoms with Gasteiger partial charge >= 0.3 is 12.4 Å². The quantitative estimate of drug-likeness (QED) is 0.402. The molecule has 2 rings (SSSR count). The van der Waals surface area contributed by atoms with Crippen LogP contribution in [0.3, 0.4) is 0 Å². The van der Waals surface area contributed by atoms with Crippen LogP contribution in [0.15, 0.2) is 42.5 Å². The van der Waals surface area contributed by atoms with E-state index in [4.69, 9.17) is 12.2 Å². The van der Waals surface area contributed by atoms with Gasteiger partial charge in [0, 0.05) is 29.6 Å². The Morgan fingerprint density at radius 1 is 0.867 bits per heavy atom. The van der Waals surface area contributed by atoms with Crippen molar-refractivity contribution in [1.82, 2.24) is 0 Å².